The molecule has 0 spiro atoms. The monoisotopic (exact) mass is 463 g/mol. The number of rotatable bonds is 8. The molecule has 0 bridgehead atoms. The lowest BCUT2D eigenvalue weighted by atomic mass is 9.95. The maximum absolute atomic E-state index is 12.8. The topological polar surface area (TPSA) is 85.6 Å². The van der Waals surface area contributed by atoms with Gasteiger partial charge in [-0.2, -0.15) is 0 Å². The Morgan fingerprint density at radius 2 is 1.91 bits per heavy atom. The van der Waals surface area contributed by atoms with Gasteiger partial charge in [0.15, 0.2) is 17.3 Å². The summed E-state index contributed by atoms with van der Waals surface area (Å²) in [7, 11) is 3.22. The van der Waals surface area contributed by atoms with Crippen LogP contribution in [0.3, 0.4) is 0 Å². The first kappa shape index (κ1) is 22.4. The Morgan fingerprint density at radius 3 is 2.58 bits per heavy atom. The van der Waals surface area contributed by atoms with E-state index in [4.69, 9.17) is 13.9 Å². The quantitative estimate of drug-likeness (QED) is 0.342. The predicted octanol–water partition coefficient (Wildman–Crippen LogP) is 5.82. The van der Waals surface area contributed by atoms with Crippen LogP contribution in [0.25, 0.3) is 0 Å². The summed E-state index contributed by atoms with van der Waals surface area (Å²) in [6.45, 7) is 4.08. The molecule has 0 aliphatic carbocycles. The number of hydrogen-bond acceptors (Lipinski definition) is 7. The highest BCUT2D eigenvalue weighted by Crippen LogP contribution is 2.45. The van der Waals surface area contributed by atoms with Gasteiger partial charge in [0.25, 0.3) is 5.91 Å². The number of nitrogens with one attached hydrogen (secondary N) is 2. The lowest BCUT2D eigenvalue weighted by Gasteiger charge is -2.24. The van der Waals surface area contributed by atoms with Gasteiger partial charge in [0.05, 0.1) is 26.5 Å². The van der Waals surface area contributed by atoms with Crippen LogP contribution in [0.15, 0.2) is 65.4 Å². The number of carbonyl (C=O) groups excluding carboxylic acids is 1. The predicted molar refractivity (Wildman–Crippen MR) is 130 cm³/mol. The van der Waals surface area contributed by atoms with Crippen molar-refractivity contribution in [3.63, 3.8) is 0 Å². The average Bonchev–Trinajstić information content (AvgIpc) is 3.47. The Morgan fingerprint density at radius 1 is 1.06 bits per heavy atom. The SMILES string of the molecule is COc1cccc([C@@H](Nc2ccccn2)c2c(NC(=O)c3ccco3)sc(C)c2C)c1OC. The van der Waals surface area contributed by atoms with Crippen LogP contribution in [0.1, 0.15) is 38.2 Å². The summed E-state index contributed by atoms with van der Waals surface area (Å²) in [4.78, 5) is 18.4. The van der Waals surface area contributed by atoms with Crippen molar-refractivity contribution in [1.29, 1.82) is 0 Å². The summed E-state index contributed by atoms with van der Waals surface area (Å²) in [6, 6.07) is 14.4. The number of methoxy groups -OCH3 is 2. The summed E-state index contributed by atoms with van der Waals surface area (Å²) in [6.07, 6.45) is 3.21. The van der Waals surface area contributed by atoms with Gasteiger partial charge in [-0.05, 0) is 49.7 Å². The number of pyridine rings is 1. The molecule has 0 saturated carbocycles. The zero-order chi connectivity index (χ0) is 23.4. The largest absolute Gasteiger partial charge is 0.493 e. The van der Waals surface area contributed by atoms with Crippen LogP contribution in [0.4, 0.5) is 10.8 Å². The Balaban J connectivity index is 1.86. The summed E-state index contributed by atoms with van der Waals surface area (Å²) >= 11 is 1.52. The number of ether oxygens (including phenoxy) is 2. The molecule has 1 aromatic carbocycles. The molecular weight excluding hydrogens is 438 g/mol. The van der Waals surface area contributed by atoms with Gasteiger partial charge in [-0.3, -0.25) is 4.79 Å². The van der Waals surface area contributed by atoms with Crippen LogP contribution in [0.2, 0.25) is 0 Å². The van der Waals surface area contributed by atoms with Gasteiger partial charge < -0.3 is 24.5 Å². The number of furan rings is 1. The van der Waals surface area contributed by atoms with E-state index in [2.05, 4.69) is 15.6 Å². The number of carbonyl (C=O) groups is 1. The van der Waals surface area contributed by atoms with E-state index in [0.717, 1.165) is 26.6 Å². The van der Waals surface area contributed by atoms with Crippen molar-refractivity contribution >= 4 is 28.1 Å². The van der Waals surface area contributed by atoms with Gasteiger partial charge >= 0.3 is 0 Å². The molecule has 2 N–H and O–H groups in total. The number of nitrogens with zero attached hydrogens (tertiary/aromatic N) is 1. The molecule has 33 heavy (non-hydrogen) atoms. The number of thiophene rings is 1. The summed E-state index contributed by atoms with van der Waals surface area (Å²) in [5.74, 6) is 1.86. The fourth-order valence-electron chi connectivity index (χ4n) is 3.70. The molecule has 1 atom stereocenters. The second kappa shape index (κ2) is 9.79. The molecule has 4 aromatic rings. The number of benzene rings is 1. The van der Waals surface area contributed by atoms with Crippen molar-refractivity contribution in [2.24, 2.45) is 0 Å². The van der Waals surface area contributed by atoms with Crippen LogP contribution >= 0.6 is 11.3 Å². The van der Waals surface area contributed by atoms with E-state index < -0.39 is 0 Å². The van der Waals surface area contributed by atoms with Crippen LogP contribution in [0, 0.1) is 13.8 Å². The first-order valence-electron chi connectivity index (χ1n) is 10.4. The molecule has 8 heteroatoms. The van der Waals surface area contributed by atoms with Gasteiger partial charge in [-0.1, -0.05) is 18.2 Å². The summed E-state index contributed by atoms with van der Waals surface area (Å²) in [5, 5.41) is 7.28. The van der Waals surface area contributed by atoms with Crippen molar-refractivity contribution in [3.05, 3.63) is 88.3 Å². The number of aromatic nitrogens is 1. The molecule has 0 radical (unpaired) electrons. The standard InChI is InChI=1S/C25H25N3O4S/c1-15-16(2)33-25(28-24(29)19-11-8-14-32-19)21(15)22(27-20-12-5-6-13-26-20)17-9-7-10-18(30-3)23(17)31-4/h5-14,22H,1-4H3,(H,26,27)(H,28,29)/t22-/m1/s1. The van der Waals surface area contributed by atoms with E-state index in [1.807, 2.05) is 50.2 Å². The molecule has 1 amide bonds. The fraction of sp³-hybridized carbons (Fsp3) is 0.200. The van der Waals surface area contributed by atoms with Crippen molar-refractivity contribution < 1.29 is 18.7 Å². The van der Waals surface area contributed by atoms with Crippen LogP contribution in [-0.4, -0.2) is 25.1 Å². The summed E-state index contributed by atoms with van der Waals surface area (Å²) < 4.78 is 16.6. The molecule has 0 saturated heterocycles. The zero-order valence-corrected chi connectivity index (χ0v) is 19.7. The molecule has 7 nitrogen and oxygen atoms in total. The third-order valence-electron chi connectivity index (χ3n) is 5.39. The van der Waals surface area contributed by atoms with E-state index in [9.17, 15) is 4.79 Å². The van der Waals surface area contributed by atoms with Gasteiger partial charge in [0.1, 0.15) is 10.8 Å². The zero-order valence-electron chi connectivity index (χ0n) is 18.8. The molecule has 170 valence electrons. The highest BCUT2D eigenvalue weighted by atomic mass is 32.1. The maximum atomic E-state index is 12.8. The molecule has 4 rings (SSSR count). The van der Waals surface area contributed by atoms with Crippen LogP contribution < -0.4 is 20.1 Å². The fourth-order valence-corrected chi connectivity index (χ4v) is 4.79. The van der Waals surface area contributed by atoms with E-state index in [-0.39, 0.29) is 17.7 Å². The molecule has 0 fully saturated rings. The number of aryl methyl sites for hydroxylation is 1. The number of anilines is 2. The normalized spacial score (nSPS) is 11.6. The van der Waals surface area contributed by atoms with Gasteiger partial charge in [0, 0.05) is 22.2 Å². The molecule has 0 aliphatic heterocycles. The first-order chi connectivity index (χ1) is 16.0. The van der Waals surface area contributed by atoms with Crippen molar-refractivity contribution in [2.75, 3.05) is 24.9 Å². The second-order valence-electron chi connectivity index (χ2n) is 7.33. The third kappa shape index (κ3) is 4.56. The van der Waals surface area contributed by atoms with Crippen molar-refractivity contribution in [1.82, 2.24) is 4.98 Å². The Hall–Kier alpha value is -3.78. The third-order valence-corrected chi connectivity index (χ3v) is 6.53. The maximum Gasteiger partial charge on any atom is 0.291 e. The molecule has 0 unspecified atom stereocenters. The molecule has 0 aliphatic rings. The molecular formula is C25H25N3O4S. The van der Waals surface area contributed by atoms with E-state index >= 15 is 0 Å². The summed E-state index contributed by atoms with van der Waals surface area (Å²) in [5.41, 5.74) is 2.85. The highest BCUT2D eigenvalue weighted by molar-refractivity contribution is 7.16. The lowest BCUT2D eigenvalue weighted by molar-refractivity contribution is 0.0997. The second-order valence-corrected chi connectivity index (χ2v) is 8.56. The Bertz CT molecular complexity index is 1240. The van der Waals surface area contributed by atoms with Gasteiger partial charge in [-0.25, -0.2) is 4.98 Å². The Labute approximate surface area is 196 Å². The average molecular weight is 464 g/mol. The highest BCUT2D eigenvalue weighted by Gasteiger charge is 2.28. The minimum atomic E-state index is -0.373. The van der Waals surface area contributed by atoms with Crippen molar-refractivity contribution in [2.45, 2.75) is 19.9 Å². The van der Waals surface area contributed by atoms with E-state index in [0.29, 0.717) is 17.3 Å². The molecule has 3 heterocycles. The smallest absolute Gasteiger partial charge is 0.291 e. The number of para-hydroxylation sites is 1. The van der Waals surface area contributed by atoms with Gasteiger partial charge in [-0.15, -0.1) is 11.3 Å². The lowest BCUT2D eigenvalue weighted by Crippen LogP contribution is -2.18. The molecule has 3 aromatic heterocycles. The van der Waals surface area contributed by atoms with Crippen LogP contribution in [0.5, 0.6) is 11.5 Å². The van der Waals surface area contributed by atoms with E-state index in [1.165, 1.54) is 17.6 Å². The first-order valence-corrected chi connectivity index (χ1v) is 11.2. The van der Waals surface area contributed by atoms with Crippen molar-refractivity contribution in [3.8, 4) is 11.5 Å². The minimum Gasteiger partial charge on any atom is -0.493 e. The van der Waals surface area contributed by atoms with Crippen LogP contribution in [-0.2, 0) is 0 Å². The number of hydrogen-bond donors (Lipinski definition) is 2. The number of amides is 1. The Kier molecular flexibility index (Phi) is 6.65. The van der Waals surface area contributed by atoms with E-state index in [1.54, 1.807) is 32.5 Å². The van der Waals surface area contributed by atoms with Gasteiger partial charge in [0.2, 0.25) is 0 Å². The minimum absolute atomic E-state index is 0.248.